The Morgan fingerprint density at radius 3 is 2.87 bits per heavy atom. The number of primary sulfonamides is 1. The van der Waals surface area contributed by atoms with E-state index in [0.717, 1.165) is 11.3 Å². The average Bonchev–Trinajstić information content (AvgIpc) is 2.94. The second kappa shape index (κ2) is 7.26. The van der Waals surface area contributed by atoms with Gasteiger partial charge in [0.25, 0.3) is 10.0 Å². The zero-order valence-corrected chi connectivity index (χ0v) is 13.4. The molecule has 0 aliphatic carbocycles. The van der Waals surface area contributed by atoms with E-state index in [9.17, 15) is 13.2 Å². The summed E-state index contributed by atoms with van der Waals surface area (Å²) in [6, 6.07) is 4.89. The molecule has 0 amide bonds. The Morgan fingerprint density at radius 2 is 2.22 bits per heavy atom. The summed E-state index contributed by atoms with van der Waals surface area (Å²) in [7, 11) is -3.83. The van der Waals surface area contributed by atoms with Crippen LogP contribution in [-0.2, 0) is 14.8 Å². The summed E-state index contributed by atoms with van der Waals surface area (Å²) in [5.74, 6) is 5.68. The highest BCUT2D eigenvalue weighted by molar-refractivity contribution is 7.91. The number of aliphatic imine (C=N–C) groups is 1. The van der Waals surface area contributed by atoms with Gasteiger partial charge < -0.3 is 15.4 Å². The highest BCUT2D eigenvalue weighted by atomic mass is 32.2. The SMILES string of the molecule is N/N=C(\C=NCC=O)COc1ccc2nc(S(N)(=O)=O)sc2c1. The molecular formula is C12H13N5O4S2. The third kappa shape index (κ3) is 4.55. The van der Waals surface area contributed by atoms with Gasteiger partial charge in [0.2, 0.25) is 4.34 Å². The molecule has 9 nitrogen and oxygen atoms in total. The molecule has 0 unspecified atom stereocenters. The molecule has 0 atom stereocenters. The van der Waals surface area contributed by atoms with Crippen molar-refractivity contribution in [3.63, 3.8) is 0 Å². The lowest BCUT2D eigenvalue weighted by Gasteiger charge is -2.05. The summed E-state index contributed by atoms with van der Waals surface area (Å²) in [6.07, 6.45) is 1.99. The zero-order valence-electron chi connectivity index (χ0n) is 11.7. The molecule has 0 bridgehead atoms. The number of fused-ring (bicyclic) bond motifs is 1. The predicted molar refractivity (Wildman–Crippen MR) is 87.5 cm³/mol. The van der Waals surface area contributed by atoms with Crippen LogP contribution in [0, 0.1) is 0 Å². The molecule has 0 fully saturated rings. The van der Waals surface area contributed by atoms with Crippen molar-refractivity contribution in [2.45, 2.75) is 4.34 Å². The van der Waals surface area contributed by atoms with E-state index in [1.807, 2.05) is 0 Å². The fraction of sp³-hybridized carbons (Fsp3) is 0.167. The van der Waals surface area contributed by atoms with E-state index in [1.165, 1.54) is 6.21 Å². The van der Waals surface area contributed by atoms with Crippen LogP contribution in [0.3, 0.4) is 0 Å². The van der Waals surface area contributed by atoms with E-state index >= 15 is 0 Å². The number of nitrogens with zero attached hydrogens (tertiary/aromatic N) is 3. The van der Waals surface area contributed by atoms with Crippen LogP contribution in [0.15, 0.2) is 32.6 Å². The van der Waals surface area contributed by atoms with Crippen molar-refractivity contribution < 1.29 is 17.9 Å². The van der Waals surface area contributed by atoms with Gasteiger partial charge in [0.15, 0.2) is 0 Å². The molecule has 0 saturated heterocycles. The molecule has 1 aromatic heterocycles. The largest absolute Gasteiger partial charge is 0.487 e. The molecular weight excluding hydrogens is 342 g/mol. The quantitative estimate of drug-likeness (QED) is 0.306. The number of hydrogen-bond acceptors (Lipinski definition) is 9. The van der Waals surface area contributed by atoms with Crippen molar-refractivity contribution in [2.24, 2.45) is 21.1 Å². The first kappa shape index (κ1) is 17.0. The van der Waals surface area contributed by atoms with Gasteiger partial charge >= 0.3 is 0 Å². The first-order chi connectivity index (χ1) is 10.9. The standard InChI is InChI=1S/C12H13N5O4S2/c13-17-8(6-15-3-4-18)7-21-9-1-2-10-11(5-9)22-12(16-10)23(14,19)20/h1-2,4-6H,3,7,13H2,(H2,14,19,20)/b15-6?,17-8+. The van der Waals surface area contributed by atoms with Crippen molar-refractivity contribution in [2.75, 3.05) is 13.2 Å². The first-order valence-corrected chi connectivity index (χ1v) is 8.56. The molecule has 122 valence electrons. The predicted octanol–water partition coefficient (Wildman–Crippen LogP) is -0.0931. The fourth-order valence-electron chi connectivity index (χ4n) is 1.56. The molecule has 0 radical (unpaired) electrons. The van der Waals surface area contributed by atoms with Crippen LogP contribution in [0.5, 0.6) is 5.75 Å². The molecule has 2 aromatic rings. The number of carbonyl (C=O) groups excluding carboxylic acids is 1. The second-order valence-electron chi connectivity index (χ2n) is 4.22. The Morgan fingerprint density at radius 1 is 1.43 bits per heavy atom. The van der Waals surface area contributed by atoms with Crippen LogP contribution < -0.4 is 15.7 Å². The van der Waals surface area contributed by atoms with E-state index in [2.05, 4.69) is 15.1 Å². The summed E-state index contributed by atoms with van der Waals surface area (Å²) in [5, 5.41) is 8.55. The minimum Gasteiger partial charge on any atom is -0.487 e. The number of hydrazone groups is 1. The van der Waals surface area contributed by atoms with Crippen LogP contribution in [-0.4, -0.2) is 44.8 Å². The number of rotatable bonds is 7. The number of aldehydes is 1. The van der Waals surface area contributed by atoms with E-state index < -0.39 is 10.0 Å². The third-order valence-corrected chi connectivity index (χ3v) is 4.89. The second-order valence-corrected chi connectivity index (χ2v) is 6.99. The topological polar surface area (TPSA) is 150 Å². The average molecular weight is 355 g/mol. The summed E-state index contributed by atoms with van der Waals surface area (Å²) >= 11 is 0.951. The maximum atomic E-state index is 11.3. The van der Waals surface area contributed by atoms with E-state index in [4.69, 9.17) is 15.7 Å². The summed E-state index contributed by atoms with van der Waals surface area (Å²) in [6.45, 7) is 0.0629. The summed E-state index contributed by atoms with van der Waals surface area (Å²) in [5.41, 5.74) is 0.855. The Hall–Kier alpha value is -2.37. The number of carbonyl (C=O) groups is 1. The van der Waals surface area contributed by atoms with Crippen molar-refractivity contribution in [3.8, 4) is 5.75 Å². The van der Waals surface area contributed by atoms with Gasteiger partial charge in [-0.15, -0.1) is 11.3 Å². The lowest BCUT2D eigenvalue weighted by molar-refractivity contribution is -0.106. The van der Waals surface area contributed by atoms with Gasteiger partial charge in [-0.2, -0.15) is 5.10 Å². The highest BCUT2D eigenvalue weighted by Crippen LogP contribution is 2.28. The van der Waals surface area contributed by atoms with Crippen LogP contribution in [0.25, 0.3) is 10.2 Å². The van der Waals surface area contributed by atoms with E-state index in [-0.39, 0.29) is 17.5 Å². The van der Waals surface area contributed by atoms with Crippen LogP contribution in [0.2, 0.25) is 0 Å². The highest BCUT2D eigenvalue weighted by Gasteiger charge is 2.14. The molecule has 4 N–H and O–H groups in total. The Balaban J connectivity index is 2.13. The molecule has 0 saturated carbocycles. The number of sulfonamides is 1. The molecule has 2 rings (SSSR count). The van der Waals surface area contributed by atoms with Gasteiger partial charge in [-0.1, -0.05) is 0 Å². The smallest absolute Gasteiger partial charge is 0.265 e. The maximum Gasteiger partial charge on any atom is 0.265 e. The fourth-order valence-corrected chi connectivity index (χ4v) is 3.25. The minimum absolute atomic E-state index is 0.0161. The normalized spacial score (nSPS) is 12.8. The lowest BCUT2D eigenvalue weighted by Crippen LogP contribution is -2.15. The van der Waals surface area contributed by atoms with Gasteiger partial charge in [-0.05, 0) is 18.2 Å². The molecule has 0 spiro atoms. The number of benzene rings is 1. The molecule has 0 aliphatic heterocycles. The van der Waals surface area contributed by atoms with Gasteiger partial charge in [0.05, 0.1) is 16.8 Å². The molecule has 1 heterocycles. The Kier molecular flexibility index (Phi) is 5.36. The third-order valence-electron chi connectivity index (χ3n) is 2.56. The van der Waals surface area contributed by atoms with Gasteiger partial charge in [0.1, 0.15) is 24.4 Å². The van der Waals surface area contributed by atoms with Crippen molar-refractivity contribution >= 4 is 49.8 Å². The van der Waals surface area contributed by atoms with Gasteiger partial charge in [-0.25, -0.2) is 18.5 Å². The molecule has 0 aliphatic rings. The maximum absolute atomic E-state index is 11.3. The zero-order chi connectivity index (χ0) is 16.9. The number of thiazole rings is 1. The lowest BCUT2D eigenvalue weighted by atomic mass is 10.3. The van der Waals surface area contributed by atoms with Crippen LogP contribution in [0.4, 0.5) is 0 Å². The number of hydrogen-bond donors (Lipinski definition) is 2. The van der Waals surface area contributed by atoms with E-state index in [0.29, 0.717) is 28.0 Å². The van der Waals surface area contributed by atoms with Crippen LogP contribution >= 0.6 is 11.3 Å². The monoisotopic (exact) mass is 355 g/mol. The van der Waals surface area contributed by atoms with Gasteiger partial charge in [0, 0.05) is 6.21 Å². The van der Waals surface area contributed by atoms with Crippen molar-refractivity contribution in [1.29, 1.82) is 0 Å². The van der Waals surface area contributed by atoms with E-state index in [1.54, 1.807) is 18.2 Å². The number of ether oxygens (including phenoxy) is 1. The Labute approximate surface area is 135 Å². The van der Waals surface area contributed by atoms with Gasteiger partial charge in [-0.3, -0.25) is 4.99 Å². The number of nitrogens with two attached hydrogens (primary N) is 2. The first-order valence-electron chi connectivity index (χ1n) is 6.20. The molecule has 11 heteroatoms. The summed E-state index contributed by atoms with van der Waals surface area (Å²) < 4.78 is 28.5. The van der Waals surface area contributed by atoms with Crippen molar-refractivity contribution in [1.82, 2.24) is 4.98 Å². The Bertz CT molecular complexity index is 873. The summed E-state index contributed by atoms with van der Waals surface area (Å²) in [4.78, 5) is 17.9. The molecule has 23 heavy (non-hydrogen) atoms. The van der Waals surface area contributed by atoms with Crippen LogP contribution in [0.1, 0.15) is 0 Å². The molecule has 1 aromatic carbocycles. The minimum atomic E-state index is -3.83. The van der Waals surface area contributed by atoms with Crippen molar-refractivity contribution in [3.05, 3.63) is 18.2 Å². The number of aromatic nitrogens is 1.